The van der Waals surface area contributed by atoms with Gasteiger partial charge in [-0.2, -0.15) is 0 Å². The molecule has 0 radical (unpaired) electrons. The van der Waals surface area contributed by atoms with Gasteiger partial charge >= 0.3 is 0 Å². The highest BCUT2D eigenvalue weighted by molar-refractivity contribution is 5.91. The van der Waals surface area contributed by atoms with Crippen LogP contribution in [-0.4, -0.2) is 129 Å². The Morgan fingerprint density at radius 2 is 1.48 bits per heavy atom. The van der Waals surface area contributed by atoms with Crippen LogP contribution in [0.25, 0.3) is 0 Å². The predicted molar refractivity (Wildman–Crippen MR) is 240 cm³/mol. The molecule has 1 aliphatic rings. The first-order valence-corrected chi connectivity index (χ1v) is 21.6. The summed E-state index contributed by atoms with van der Waals surface area (Å²) in [5.74, 6) is -2.38. The Morgan fingerprint density at radius 1 is 0.836 bits per heavy atom. The van der Waals surface area contributed by atoms with Crippen LogP contribution >= 0.6 is 0 Å². The van der Waals surface area contributed by atoms with Gasteiger partial charge in [0.1, 0.15) is 12.1 Å². The van der Waals surface area contributed by atoms with Gasteiger partial charge < -0.3 is 41.0 Å². The van der Waals surface area contributed by atoms with E-state index in [0.717, 1.165) is 11.1 Å². The lowest BCUT2D eigenvalue weighted by molar-refractivity contribution is -0.145. The Hall–Kier alpha value is -4.79. The average molecular weight is 848 g/mol. The van der Waals surface area contributed by atoms with Crippen molar-refractivity contribution in [1.29, 1.82) is 0 Å². The van der Waals surface area contributed by atoms with Crippen molar-refractivity contribution < 1.29 is 33.4 Å². The Kier molecular flexibility index (Phi) is 19.9. The van der Waals surface area contributed by atoms with Crippen molar-refractivity contribution in [2.75, 3.05) is 47.6 Å². The lowest BCUT2D eigenvalue weighted by Crippen LogP contribution is -2.59. The number of nitrogens with one attached hydrogen (secondary N) is 3. The molecule has 0 spiro atoms. The minimum Gasteiger partial charge on any atom is -0.399 e. The van der Waals surface area contributed by atoms with Crippen LogP contribution in [0.5, 0.6) is 0 Å². The lowest BCUT2D eigenvalue weighted by atomic mass is 9.92. The molecule has 0 saturated carbocycles. The normalized spacial score (nSPS) is 17.5. The molecule has 2 aromatic carbocycles. The zero-order valence-electron chi connectivity index (χ0n) is 38.4. The maximum atomic E-state index is 14.3. The van der Waals surface area contributed by atoms with E-state index in [2.05, 4.69) is 22.5 Å². The highest BCUT2D eigenvalue weighted by Crippen LogP contribution is 2.29. The summed E-state index contributed by atoms with van der Waals surface area (Å²) >= 11 is 0. The number of carbonyl (C=O) groups is 5. The van der Waals surface area contributed by atoms with Crippen molar-refractivity contribution in [1.82, 2.24) is 30.7 Å². The van der Waals surface area contributed by atoms with E-state index in [0.29, 0.717) is 37.1 Å². The number of anilines is 1. The van der Waals surface area contributed by atoms with Gasteiger partial charge in [-0.05, 0) is 68.5 Å². The molecule has 3 rings (SSSR count). The second-order valence-electron chi connectivity index (χ2n) is 17.3. The van der Waals surface area contributed by atoms with Crippen molar-refractivity contribution in [3.8, 4) is 0 Å². The summed E-state index contributed by atoms with van der Waals surface area (Å²) in [6.45, 7) is 16.4. The molecule has 14 nitrogen and oxygen atoms in total. The summed E-state index contributed by atoms with van der Waals surface area (Å²) in [4.78, 5) is 74.9. The van der Waals surface area contributed by atoms with Crippen molar-refractivity contribution in [3.05, 3.63) is 77.9 Å². The first-order chi connectivity index (χ1) is 28.9. The smallest absolute Gasteiger partial charge is 0.245 e. The molecule has 1 saturated heterocycles. The third kappa shape index (κ3) is 13.9. The minimum absolute atomic E-state index is 0.0196. The summed E-state index contributed by atoms with van der Waals surface area (Å²) in [7, 11) is 8.40. The topological polar surface area (TPSA) is 176 Å². The highest BCUT2D eigenvalue weighted by Gasteiger charge is 2.43. The molecule has 2 aromatic rings. The lowest BCUT2D eigenvalue weighted by Gasteiger charge is -2.39. The average Bonchev–Trinajstić information content (AvgIpc) is 3.71. The SMILES string of the molecule is C=C(CC)[C@@H]([C@@H](CC(=O)N1CCC[C@H]1[C@H](OC)[C@@H](C)C(=O)N[C@H](Cc1ccccc1)C(=O)NCc1ccc(N)cc1)OC)N(C)C(=O)[C@@H](NC(=O)[C@H](C(C)C)N(C)C)C(C)C. The molecular formula is C47H73N7O7. The minimum atomic E-state index is -0.871. The summed E-state index contributed by atoms with van der Waals surface area (Å²) in [6.07, 6.45) is 0.621. The number of rotatable bonds is 23. The number of benzene rings is 2. The molecule has 0 bridgehead atoms. The first kappa shape index (κ1) is 50.6. The van der Waals surface area contributed by atoms with E-state index in [-0.39, 0.29) is 60.8 Å². The van der Waals surface area contributed by atoms with E-state index >= 15 is 0 Å². The number of hydrogen-bond acceptors (Lipinski definition) is 9. The number of nitrogen functional groups attached to an aromatic ring is 1. The quantitative estimate of drug-likeness (QED) is 0.0945. The Bertz CT molecular complexity index is 1740. The zero-order valence-corrected chi connectivity index (χ0v) is 38.4. The maximum Gasteiger partial charge on any atom is 0.245 e. The summed E-state index contributed by atoms with van der Waals surface area (Å²) < 4.78 is 12.0. The van der Waals surface area contributed by atoms with E-state index < -0.39 is 48.3 Å². The van der Waals surface area contributed by atoms with Gasteiger partial charge in [0.2, 0.25) is 29.5 Å². The molecule has 61 heavy (non-hydrogen) atoms. The fourth-order valence-corrected chi connectivity index (χ4v) is 8.45. The molecule has 14 heteroatoms. The van der Waals surface area contributed by atoms with Gasteiger partial charge in [0.15, 0.2) is 0 Å². The fraction of sp³-hybridized carbons (Fsp3) is 0.596. The molecule has 0 unspecified atom stereocenters. The van der Waals surface area contributed by atoms with Crippen LogP contribution in [0.3, 0.4) is 0 Å². The van der Waals surface area contributed by atoms with Gasteiger partial charge in [0, 0.05) is 46.5 Å². The van der Waals surface area contributed by atoms with Gasteiger partial charge in [-0.1, -0.05) is 96.2 Å². The Labute approximate surface area is 364 Å². The van der Waals surface area contributed by atoms with E-state index in [4.69, 9.17) is 15.2 Å². The number of amides is 5. The molecule has 8 atom stereocenters. The van der Waals surface area contributed by atoms with Gasteiger partial charge in [-0.3, -0.25) is 28.9 Å². The standard InChI is InChI=1S/C47H73N7O7/c1-13-31(6)42(53(10)47(59)40(29(2)3)51-46(58)41(30(4)5)52(8)9)38(60-11)27-39(55)54-25-17-20-37(54)43(61-12)32(7)44(56)50-36(26-33-18-15-14-16-19-33)45(57)49-28-34-21-23-35(48)24-22-34/h14-16,18-19,21-24,29-30,32,36-38,40-43H,6,13,17,20,25-28,48H2,1-5,7-12H3,(H,49,57)(H,50,56)(H,51,58)/t32-,36-,37+,38-,40+,41+,42+,43-/m1/s1. The van der Waals surface area contributed by atoms with Gasteiger partial charge in [-0.15, -0.1) is 0 Å². The number of ether oxygens (including phenoxy) is 2. The van der Waals surface area contributed by atoms with Crippen LogP contribution in [-0.2, 0) is 46.4 Å². The highest BCUT2D eigenvalue weighted by atomic mass is 16.5. The second kappa shape index (κ2) is 24.0. The van der Waals surface area contributed by atoms with Crippen LogP contribution in [0, 0.1) is 17.8 Å². The number of likely N-dealkylation sites (N-methyl/N-ethyl adjacent to an activating group) is 2. The maximum absolute atomic E-state index is 14.3. The number of carbonyl (C=O) groups excluding carboxylic acids is 5. The van der Waals surface area contributed by atoms with E-state index in [1.165, 1.54) is 14.2 Å². The largest absolute Gasteiger partial charge is 0.399 e. The molecular weight excluding hydrogens is 775 g/mol. The summed E-state index contributed by atoms with van der Waals surface area (Å²) in [6, 6.07) is 13.5. The van der Waals surface area contributed by atoms with E-state index in [1.54, 1.807) is 35.9 Å². The Balaban J connectivity index is 1.80. The van der Waals surface area contributed by atoms with Crippen LogP contribution in [0.15, 0.2) is 66.7 Å². The van der Waals surface area contributed by atoms with E-state index in [9.17, 15) is 24.0 Å². The molecule has 1 heterocycles. The molecule has 1 aliphatic heterocycles. The zero-order chi connectivity index (χ0) is 45.6. The molecule has 0 aliphatic carbocycles. The third-order valence-electron chi connectivity index (χ3n) is 11.9. The molecule has 5 amide bonds. The van der Waals surface area contributed by atoms with Gasteiger partial charge in [0.25, 0.3) is 0 Å². The Morgan fingerprint density at radius 3 is 2.02 bits per heavy atom. The van der Waals surface area contributed by atoms with Crippen LogP contribution < -0.4 is 21.7 Å². The third-order valence-corrected chi connectivity index (χ3v) is 11.9. The monoisotopic (exact) mass is 848 g/mol. The van der Waals surface area contributed by atoms with Crippen molar-refractivity contribution in [2.24, 2.45) is 17.8 Å². The summed E-state index contributed by atoms with van der Waals surface area (Å²) in [5, 5.41) is 8.95. The molecule has 0 aromatic heterocycles. The fourth-order valence-electron chi connectivity index (χ4n) is 8.45. The number of nitrogens with zero attached hydrogens (tertiary/aromatic N) is 3. The second-order valence-corrected chi connectivity index (χ2v) is 17.3. The van der Waals surface area contributed by atoms with Crippen LogP contribution in [0.1, 0.15) is 78.4 Å². The number of likely N-dealkylation sites (tertiary alicyclic amines) is 1. The number of hydrogen-bond donors (Lipinski definition) is 4. The summed E-state index contributed by atoms with van der Waals surface area (Å²) in [5.41, 5.74) is 8.92. The van der Waals surface area contributed by atoms with Crippen molar-refractivity contribution in [3.63, 3.8) is 0 Å². The van der Waals surface area contributed by atoms with E-state index in [1.807, 2.05) is 96.1 Å². The van der Waals surface area contributed by atoms with Crippen molar-refractivity contribution in [2.45, 2.75) is 123 Å². The number of nitrogens with two attached hydrogens (primary N) is 1. The van der Waals surface area contributed by atoms with Gasteiger partial charge in [-0.25, -0.2) is 0 Å². The van der Waals surface area contributed by atoms with Crippen LogP contribution in [0.4, 0.5) is 5.69 Å². The predicted octanol–water partition coefficient (Wildman–Crippen LogP) is 4.18. The number of methoxy groups -OCH3 is 2. The molecule has 5 N–H and O–H groups in total. The van der Waals surface area contributed by atoms with Gasteiger partial charge in [0.05, 0.1) is 42.7 Å². The first-order valence-electron chi connectivity index (χ1n) is 21.6. The molecule has 338 valence electrons. The van der Waals surface area contributed by atoms with Crippen LogP contribution in [0.2, 0.25) is 0 Å². The van der Waals surface area contributed by atoms with Crippen molar-refractivity contribution >= 4 is 35.2 Å². The molecule has 1 fully saturated rings.